The largest absolute Gasteiger partial charge is 0.318 e. The molecule has 0 aromatic carbocycles. The standard InChI is InChI=1S/C13H8ClFN4O/c14-12-9(2-1-5-16-12)18-13(20)10-7-19-6-8(15)3-4-11(19)17-10/h1-7H,(H,18,20). The number of halogens is 2. The molecule has 3 heterocycles. The summed E-state index contributed by atoms with van der Waals surface area (Å²) in [7, 11) is 0. The van der Waals surface area contributed by atoms with Crippen molar-refractivity contribution in [2.24, 2.45) is 0 Å². The maximum Gasteiger partial charge on any atom is 0.275 e. The Balaban J connectivity index is 1.91. The van der Waals surface area contributed by atoms with E-state index in [-0.39, 0.29) is 10.8 Å². The number of hydrogen-bond donors (Lipinski definition) is 1. The summed E-state index contributed by atoms with van der Waals surface area (Å²) in [5, 5.41) is 2.79. The van der Waals surface area contributed by atoms with Crippen LogP contribution in [0, 0.1) is 5.82 Å². The van der Waals surface area contributed by atoms with Crippen LogP contribution in [-0.4, -0.2) is 20.3 Å². The zero-order valence-electron chi connectivity index (χ0n) is 10.0. The number of anilines is 1. The van der Waals surface area contributed by atoms with Crippen molar-refractivity contribution in [3.63, 3.8) is 0 Å². The number of carbonyl (C=O) groups is 1. The van der Waals surface area contributed by atoms with E-state index in [1.165, 1.54) is 35.1 Å². The predicted molar refractivity (Wildman–Crippen MR) is 72.4 cm³/mol. The normalized spacial score (nSPS) is 10.7. The Morgan fingerprint density at radius 3 is 2.95 bits per heavy atom. The molecule has 0 aliphatic heterocycles. The van der Waals surface area contributed by atoms with E-state index in [2.05, 4.69) is 15.3 Å². The van der Waals surface area contributed by atoms with Crippen molar-refractivity contribution in [3.8, 4) is 0 Å². The first kappa shape index (κ1) is 12.6. The highest BCUT2D eigenvalue weighted by Crippen LogP contribution is 2.18. The second-order valence-corrected chi connectivity index (χ2v) is 4.39. The summed E-state index contributed by atoms with van der Waals surface area (Å²) in [6, 6.07) is 6.05. The summed E-state index contributed by atoms with van der Waals surface area (Å²) in [6.45, 7) is 0. The van der Waals surface area contributed by atoms with E-state index in [0.29, 0.717) is 11.3 Å². The van der Waals surface area contributed by atoms with Gasteiger partial charge in [0.05, 0.1) is 5.69 Å². The molecule has 0 radical (unpaired) electrons. The van der Waals surface area contributed by atoms with Crippen LogP contribution in [0.1, 0.15) is 10.5 Å². The van der Waals surface area contributed by atoms with Gasteiger partial charge in [0.15, 0.2) is 5.15 Å². The van der Waals surface area contributed by atoms with Crippen LogP contribution >= 0.6 is 11.6 Å². The lowest BCUT2D eigenvalue weighted by Crippen LogP contribution is -2.12. The van der Waals surface area contributed by atoms with Crippen molar-refractivity contribution < 1.29 is 9.18 Å². The number of rotatable bonds is 2. The van der Waals surface area contributed by atoms with Crippen LogP contribution < -0.4 is 5.32 Å². The Kier molecular flexibility index (Phi) is 3.08. The third-order valence-electron chi connectivity index (χ3n) is 2.65. The molecule has 0 fully saturated rings. The van der Waals surface area contributed by atoms with Gasteiger partial charge in [-0.05, 0) is 24.3 Å². The van der Waals surface area contributed by atoms with Crippen molar-refractivity contribution >= 4 is 28.8 Å². The molecular formula is C13H8ClFN4O. The van der Waals surface area contributed by atoms with Gasteiger partial charge in [-0.1, -0.05) is 11.6 Å². The quantitative estimate of drug-likeness (QED) is 0.738. The lowest BCUT2D eigenvalue weighted by Gasteiger charge is -2.03. The highest BCUT2D eigenvalue weighted by Gasteiger charge is 2.13. The van der Waals surface area contributed by atoms with Crippen LogP contribution in [0.15, 0.2) is 42.9 Å². The molecule has 0 aliphatic carbocycles. The van der Waals surface area contributed by atoms with Crippen LogP contribution in [0.2, 0.25) is 5.15 Å². The van der Waals surface area contributed by atoms with E-state index < -0.39 is 11.7 Å². The van der Waals surface area contributed by atoms with E-state index in [0.717, 1.165) is 0 Å². The zero-order valence-corrected chi connectivity index (χ0v) is 10.8. The van der Waals surface area contributed by atoms with Gasteiger partial charge in [0.1, 0.15) is 17.2 Å². The third-order valence-corrected chi connectivity index (χ3v) is 2.96. The molecule has 7 heteroatoms. The Bertz CT molecular complexity index is 802. The molecule has 20 heavy (non-hydrogen) atoms. The third kappa shape index (κ3) is 2.33. The molecule has 0 aliphatic rings. The average molecular weight is 291 g/mol. The van der Waals surface area contributed by atoms with Gasteiger partial charge >= 0.3 is 0 Å². The molecule has 1 N–H and O–H groups in total. The lowest BCUT2D eigenvalue weighted by atomic mass is 10.4. The second kappa shape index (κ2) is 4.90. The van der Waals surface area contributed by atoms with Gasteiger partial charge in [-0.25, -0.2) is 14.4 Å². The Hall–Kier alpha value is -2.47. The van der Waals surface area contributed by atoms with Crippen molar-refractivity contribution in [1.82, 2.24) is 14.4 Å². The highest BCUT2D eigenvalue weighted by atomic mass is 35.5. The molecule has 0 unspecified atom stereocenters. The van der Waals surface area contributed by atoms with E-state index >= 15 is 0 Å². The van der Waals surface area contributed by atoms with E-state index in [1.54, 1.807) is 12.1 Å². The molecule has 0 spiro atoms. The molecule has 3 aromatic rings. The fourth-order valence-electron chi connectivity index (χ4n) is 1.74. The number of hydrogen-bond acceptors (Lipinski definition) is 3. The number of imidazole rings is 1. The maximum atomic E-state index is 13.1. The lowest BCUT2D eigenvalue weighted by molar-refractivity contribution is 0.102. The summed E-state index contributed by atoms with van der Waals surface area (Å²) in [6.07, 6.45) is 4.21. The molecule has 0 bridgehead atoms. The summed E-state index contributed by atoms with van der Waals surface area (Å²) in [5.41, 5.74) is 1.03. The first-order valence-corrected chi connectivity index (χ1v) is 6.07. The fourth-order valence-corrected chi connectivity index (χ4v) is 1.91. The van der Waals surface area contributed by atoms with Crippen LogP contribution in [0.25, 0.3) is 5.65 Å². The Labute approximate surface area is 118 Å². The smallest absolute Gasteiger partial charge is 0.275 e. The molecular weight excluding hydrogens is 283 g/mol. The Morgan fingerprint density at radius 2 is 2.15 bits per heavy atom. The van der Waals surface area contributed by atoms with E-state index in [4.69, 9.17) is 11.6 Å². The van der Waals surface area contributed by atoms with Gasteiger partial charge in [0.25, 0.3) is 5.91 Å². The van der Waals surface area contributed by atoms with Gasteiger partial charge in [0, 0.05) is 18.6 Å². The molecule has 0 saturated carbocycles. The number of fused-ring (bicyclic) bond motifs is 1. The topological polar surface area (TPSA) is 59.3 Å². The number of nitrogens with one attached hydrogen (secondary N) is 1. The Morgan fingerprint density at radius 1 is 1.30 bits per heavy atom. The number of carbonyl (C=O) groups excluding carboxylic acids is 1. The average Bonchev–Trinajstić information content (AvgIpc) is 2.84. The van der Waals surface area contributed by atoms with Gasteiger partial charge in [0.2, 0.25) is 0 Å². The summed E-state index contributed by atoms with van der Waals surface area (Å²) < 4.78 is 14.5. The second-order valence-electron chi connectivity index (χ2n) is 4.03. The minimum Gasteiger partial charge on any atom is -0.318 e. The van der Waals surface area contributed by atoms with E-state index in [9.17, 15) is 9.18 Å². The SMILES string of the molecule is O=C(Nc1cccnc1Cl)c1cn2cc(F)ccc2n1. The molecule has 0 atom stereocenters. The van der Waals surface area contributed by atoms with Gasteiger partial charge < -0.3 is 9.72 Å². The molecule has 1 amide bonds. The molecule has 3 rings (SSSR count). The number of pyridine rings is 2. The van der Waals surface area contributed by atoms with E-state index in [1.807, 2.05) is 0 Å². The minimum absolute atomic E-state index is 0.163. The summed E-state index contributed by atoms with van der Waals surface area (Å²) >= 11 is 5.85. The van der Waals surface area contributed by atoms with Crippen LogP contribution in [-0.2, 0) is 0 Å². The summed E-state index contributed by atoms with van der Waals surface area (Å²) in [5.74, 6) is -0.846. The fraction of sp³-hybridized carbons (Fsp3) is 0. The van der Waals surface area contributed by atoms with Crippen molar-refractivity contribution in [3.05, 3.63) is 59.5 Å². The summed E-state index contributed by atoms with van der Waals surface area (Å²) in [4.78, 5) is 20.0. The van der Waals surface area contributed by atoms with Crippen molar-refractivity contribution in [1.29, 1.82) is 0 Å². The zero-order chi connectivity index (χ0) is 14.1. The van der Waals surface area contributed by atoms with Gasteiger partial charge in [-0.15, -0.1) is 0 Å². The molecule has 0 saturated heterocycles. The minimum atomic E-state index is -0.441. The molecule has 100 valence electrons. The number of aromatic nitrogens is 3. The van der Waals surface area contributed by atoms with Gasteiger partial charge in [-0.3, -0.25) is 4.79 Å². The van der Waals surface area contributed by atoms with Crippen molar-refractivity contribution in [2.45, 2.75) is 0 Å². The van der Waals surface area contributed by atoms with Crippen LogP contribution in [0.5, 0.6) is 0 Å². The van der Waals surface area contributed by atoms with Gasteiger partial charge in [-0.2, -0.15) is 0 Å². The van der Waals surface area contributed by atoms with Crippen LogP contribution in [0.4, 0.5) is 10.1 Å². The monoisotopic (exact) mass is 290 g/mol. The first-order chi connectivity index (χ1) is 9.63. The highest BCUT2D eigenvalue weighted by molar-refractivity contribution is 6.32. The number of nitrogens with zero attached hydrogens (tertiary/aromatic N) is 3. The maximum absolute atomic E-state index is 13.1. The van der Waals surface area contributed by atoms with Crippen molar-refractivity contribution in [2.75, 3.05) is 5.32 Å². The number of amides is 1. The molecule has 3 aromatic heterocycles. The molecule has 5 nitrogen and oxygen atoms in total. The first-order valence-electron chi connectivity index (χ1n) is 5.69. The predicted octanol–water partition coefficient (Wildman–Crippen LogP) is 2.77. The van der Waals surface area contributed by atoms with Crippen LogP contribution in [0.3, 0.4) is 0 Å².